The number of piperidine rings is 2. The van der Waals surface area contributed by atoms with E-state index in [1.54, 1.807) is 164 Å². The van der Waals surface area contributed by atoms with Gasteiger partial charge in [-0.2, -0.15) is 0 Å². The molecule has 9 saturated heterocycles. The molecule has 0 saturated carbocycles. The van der Waals surface area contributed by atoms with Crippen LogP contribution in [0.15, 0.2) is 0 Å². The molecule has 94 heavy (non-hydrogen) atoms. The maximum absolute atomic E-state index is 5.42. The molecule has 0 bridgehead atoms. The van der Waals surface area contributed by atoms with Crippen molar-refractivity contribution in [3.8, 4) is 0 Å². The molecule has 0 spiro atoms. The van der Waals surface area contributed by atoms with Crippen LogP contribution >= 0.6 is 0 Å². The van der Waals surface area contributed by atoms with Gasteiger partial charge in [0.05, 0.1) is 0 Å². The molecular formula is C66H132N10O4W14. The number of hydrogen-bond donors (Lipinski definition) is 0. The average molecular weight is 3700 g/mol. The summed E-state index contributed by atoms with van der Waals surface area (Å²) in [7, 11) is 21.6. The average Bonchev–Trinajstić information content (AvgIpc) is 2.00. The molecular weight excluding hydrogens is 3570 g/mol. The van der Waals surface area contributed by atoms with E-state index in [0.717, 1.165) is 59.2 Å². The predicted octanol–water partition coefficient (Wildman–Crippen LogP) is 8.00. The second kappa shape index (κ2) is 85.9. The third-order valence-electron chi connectivity index (χ3n) is 11.9. The van der Waals surface area contributed by atoms with E-state index >= 15 is 0 Å². The van der Waals surface area contributed by atoms with Gasteiger partial charge in [0.2, 0.25) is 0 Å². The minimum atomic E-state index is 0.824. The second-order valence-corrected chi connectivity index (χ2v) is 42.0. The molecule has 9 heterocycles. The molecule has 9 aliphatic rings. The zero-order valence-corrected chi connectivity index (χ0v) is 105. The van der Waals surface area contributed by atoms with Gasteiger partial charge >= 0.3 is 622 Å². The van der Waals surface area contributed by atoms with E-state index in [-0.39, 0.29) is 0 Å². The summed E-state index contributed by atoms with van der Waals surface area (Å²) in [5.41, 5.74) is 0. The van der Waals surface area contributed by atoms with Crippen LogP contribution in [0.3, 0.4) is 0 Å². The third kappa shape index (κ3) is 69.7. The van der Waals surface area contributed by atoms with E-state index in [2.05, 4.69) is 119 Å². The Labute approximate surface area is 735 Å². The van der Waals surface area contributed by atoms with Gasteiger partial charge in [-0.3, -0.25) is 0 Å². The molecule has 0 unspecified atom stereocenters. The quantitative estimate of drug-likeness (QED) is 0.236. The van der Waals surface area contributed by atoms with E-state index in [1.807, 2.05) is 125 Å². The first-order chi connectivity index (χ1) is 44.6. The normalized spacial score (nSPS) is 19.4. The molecule has 9 aliphatic heterocycles. The van der Waals surface area contributed by atoms with Crippen LogP contribution in [0.5, 0.6) is 0 Å². The predicted molar refractivity (Wildman–Crippen MR) is 369 cm³/mol. The van der Waals surface area contributed by atoms with E-state index in [4.69, 9.17) is 18.9 Å². The summed E-state index contributed by atoms with van der Waals surface area (Å²) in [6, 6.07) is 0. The number of nitrogens with zero attached hydrogens (tertiary/aromatic N) is 10. The number of ether oxygens (including phenoxy) is 4. The van der Waals surface area contributed by atoms with Gasteiger partial charge < -0.3 is 0 Å². The van der Waals surface area contributed by atoms with Crippen molar-refractivity contribution in [2.75, 3.05) is 162 Å². The first kappa shape index (κ1) is 120. The first-order valence-electron chi connectivity index (χ1n) is 33.6. The molecule has 0 aromatic carbocycles. The molecule has 0 atom stereocenters. The fourth-order valence-corrected chi connectivity index (χ4v) is 22.5. The van der Waals surface area contributed by atoms with Gasteiger partial charge in [-0.15, -0.1) is 0 Å². The van der Waals surface area contributed by atoms with E-state index in [1.165, 1.54) is 261 Å². The summed E-state index contributed by atoms with van der Waals surface area (Å²) < 4.78 is 41.6. The summed E-state index contributed by atoms with van der Waals surface area (Å²) in [4.78, 5) is 23.3. The molecule has 0 N–H and O–H groups in total. The molecule has 0 radical (unpaired) electrons. The van der Waals surface area contributed by atoms with Gasteiger partial charge in [-0.05, 0) is 0 Å². The van der Waals surface area contributed by atoms with Crippen molar-refractivity contribution in [1.29, 1.82) is 0 Å². The molecule has 9 rings (SSSR count). The number of rotatable bonds is 0. The van der Waals surface area contributed by atoms with Crippen LogP contribution in [0, 0.1) is 0 Å². The van der Waals surface area contributed by atoms with Crippen LogP contribution in [0.4, 0.5) is 0 Å². The Morgan fingerprint density at radius 3 is 0.840 bits per heavy atom. The standard InChI is InChI=1S/C6H12N2.C6H11N.C6H9N.C5H9NO.3C5H7NO.C5H9N.C5H7N.9C2H6.14W/c1-7-3-5-8(2)6-4-7;2*1-7-5-3-2-4-6-7;4*1-6-2-4-7-5-3-6;2*1-6-4-2-3-5-6;9*1-2;;;;;;;;;;;;;;/h3-5H2,1-2H3;2-5H2,1H3;2*2-4H2,1H3;4-5H2,1H3;2,5H2,1H3;2-3H2,1H3;2-4H2,1H3;2-3H2,1H3;9*1-2H3;;;;;;;;;;;;;;. The Morgan fingerprint density at radius 2 is 0.585 bits per heavy atom. The van der Waals surface area contributed by atoms with Crippen LogP contribution in [0.1, 0.15) is 189 Å². The van der Waals surface area contributed by atoms with Crippen molar-refractivity contribution in [2.45, 2.75) is 189 Å². The van der Waals surface area contributed by atoms with Crippen molar-refractivity contribution in [3.05, 3.63) is 0 Å². The van der Waals surface area contributed by atoms with Gasteiger partial charge in [-0.1, -0.05) is 125 Å². The third-order valence-corrected chi connectivity index (χ3v) is 31.7. The van der Waals surface area contributed by atoms with E-state index in [0.29, 0.717) is 0 Å². The molecule has 0 amide bonds. The summed E-state index contributed by atoms with van der Waals surface area (Å²) >= 11 is 21.9. The minimum absolute atomic E-state index is 0.824. The van der Waals surface area contributed by atoms with Crippen LogP contribution in [0.25, 0.3) is 0 Å². The first-order valence-corrected chi connectivity index (χ1v) is 54.2. The van der Waals surface area contributed by atoms with Crippen LogP contribution in [0.2, 0.25) is 0 Å². The Balaban J connectivity index is -0.000000120. The maximum atomic E-state index is 5.42. The fraction of sp³-hybridized carbons (Fsp3) is 0.788. The zero-order chi connectivity index (χ0) is 75.7. The summed E-state index contributed by atoms with van der Waals surface area (Å²) in [5.74, 6) is 0. The van der Waals surface area contributed by atoms with Crippen molar-refractivity contribution >= 4 is 56.6 Å². The SMILES string of the molecule is CC.CC.CC.CC.CC.CC.CC.CC.CC.CN1CCCC[C]1=[W].CN1CCC[C]1=[W].CN1CCN(C)[C](=[W])C1.CN1CCO[C](=[W])C1.CN1C[C](=[W])OC[C]1=[W].CN1C[C](=[W])O[C](=[W])C1.CN1[C](=[W])CCC[C]1=[W].CN1[C](=[W])CC[C]1=[W].CN1[C](=[W])COC[C]1=[W]. The van der Waals surface area contributed by atoms with Crippen molar-refractivity contribution < 1.29 is 290 Å². The second-order valence-electron chi connectivity index (χ2n) is 18.5. The van der Waals surface area contributed by atoms with E-state index in [9.17, 15) is 0 Å². The molecule has 554 valence electrons. The van der Waals surface area contributed by atoms with Gasteiger partial charge in [0.25, 0.3) is 0 Å². The monoisotopic (exact) mass is 3700 g/mol. The molecule has 0 aliphatic carbocycles. The Morgan fingerprint density at radius 1 is 0.245 bits per heavy atom. The molecule has 9 fully saturated rings. The zero-order valence-electron chi connectivity index (χ0n) is 63.8. The molecule has 14 nitrogen and oxygen atoms in total. The fourth-order valence-electron chi connectivity index (χ4n) is 6.64. The Hall–Kier alpha value is 7.26. The topological polar surface area (TPSA) is 69.3 Å². The van der Waals surface area contributed by atoms with Gasteiger partial charge in [0, 0.05) is 0 Å². The van der Waals surface area contributed by atoms with Crippen molar-refractivity contribution in [2.24, 2.45) is 0 Å². The Kier molecular flexibility index (Phi) is 109. The number of likely N-dealkylation sites (N-methyl/N-ethyl adjacent to an activating group) is 6. The van der Waals surface area contributed by atoms with E-state index < -0.39 is 0 Å². The van der Waals surface area contributed by atoms with Crippen LogP contribution < -0.4 is 0 Å². The Bertz CT molecular complexity index is 2000. The molecule has 28 heteroatoms. The van der Waals surface area contributed by atoms with Gasteiger partial charge in [0.1, 0.15) is 0 Å². The number of piperazine rings is 1. The number of likely N-dealkylation sites (tertiary alicyclic amines) is 4. The van der Waals surface area contributed by atoms with Gasteiger partial charge in [0.15, 0.2) is 0 Å². The molecule has 0 aromatic rings. The summed E-state index contributed by atoms with van der Waals surface area (Å²) in [6.45, 7) is 50.7. The van der Waals surface area contributed by atoms with Gasteiger partial charge in [-0.25, -0.2) is 0 Å². The van der Waals surface area contributed by atoms with Crippen molar-refractivity contribution in [3.63, 3.8) is 0 Å². The summed E-state index contributed by atoms with van der Waals surface area (Å²) in [6.07, 6.45) is 13.6. The summed E-state index contributed by atoms with van der Waals surface area (Å²) in [5, 5.41) is 0. The van der Waals surface area contributed by atoms with Crippen molar-refractivity contribution in [1.82, 2.24) is 49.0 Å². The number of morpholine rings is 4. The number of hydrogen-bond acceptors (Lipinski definition) is 14. The molecule has 0 aromatic heterocycles. The van der Waals surface area contributed by atoms with Crippen LogP contribution in [-0.4, -0.2) is 268 Å². The van der Waals surface area contributed by atoms with Crippen LogP contribution in [-0.2, 0) is 290 Å².